The maximum atomic E-state index is 14.4. The Labute approximate surface area is 267 Å². The van der Waals surface area contributed by atoms with Crippen LogP contribution in [-0.4, -0.2) is 43.3 Å². The highest BCUT2D eigenvalue weighted by Gasteiger charge is 2.35. The number of hydrogen-bond acceptors (Lipinski definition) is 4. The van der Waals surface area contributed by atoms with Gasteiger partial charge in [-0.1, -0.05) is 72.3 Å². The number of sulfonamides is 1. The number of rotatable bonds is 11. The Bertz CT molecular complexity index is 1730. The van der Waals surface area contributed by atoms with Crippen LogP contribution in [0.25, 0.3) is 0 Å². The number of carbonyl (C=O) groups is 2. The summed E-state index contributed by atoms with van der Waals surface area (Å²) in [7, 11) is -4.37. The van der Waals surface area contributed by atoms with Crippen LogP contribution in [0.4, 0.5) is 14.5 Å². The van der Waals surface area contributed by atoms with Gasteiger partial charge in [0.05, 0.1) is 15.6 Å². The molecular formula is C34H34ClF2N3O4S. The summed E-state index contributed by atoms with van der Waals surface area (Å²) in [5.41, 5.74) is 0.597. The lowest BCUT2D eigenvalue weighted by Gasteiger charge is -2.35. The van der Waals surface area contributed by atoms with Gasteiger partial charge in [-0.3, -0.25) is 13.9 Å². The number of anilines is 1. The molecule has 7 nitrogen and oxygen atoms in total. The quantitative estimate of drug-likeness (QED) is 0.204. The van der Waals surface area contributed by atoms with E-state index in [-0.39, 0.29) is 28.6 Å². The van der Waals surface area contributed by atoms with E-state index in [9.17, 15) is 26.8 Å². The third-order valence-corrected chi connectivity index (χ3v) is 8.91. The molecule has 0 saturated carbocycles. The molecule has 0 radical (unpaired) electrons. The summed E-state index contributed by atoms with van der Waals surface area (Å²) in [6.07, 6.45) is 0.115. The zero-order chi connectivity index (χ0) is 32.8. The summed E-state index contributed by atoms with van der Waals surface area (Å²) >= 11 is 6.04. The van der Waals surface area contributed by atoms with Crippen LogP contribution in [0.3, 0.4) is 0 Å². The Morgan fingerprint density at radius 1 is 0.844 bits per heavy atom. The third kappa shape index (κ3) is 8.89. The summed E-state index contributed by atoms with van der Waals surface area (Å²) in [6.45, 7) is 4.56. The number of nitrogens with one attached hydrogen (secondary N) is 1. The molecule has 4 aromatic carbocycles. The maximum absolute atomic E-state index is 14.4. The van der Waals surface area contributed by atoms with Gasteiger partial charge in [0, 0.05) is 18.5 Å². The van der Waals surface area contributed by atoms with Crippen molar-refractivity contribution in [2.75, 3.05) is 10.8 Å². The van der Waals surface area contributed by atoms with E-state index >= 15 is 0 Å². The Morgan fingerprint density at radius 3 is 2.02 bits per heavy atom. The molecule has 0 aromatic heterocycles. The van der Waals surface area contributed by atoms with Gasteiger partial charge < -0.3 is 10.2 Å². The molecule has 0 aliphatic carbocycles. The second kappa shape index (κ2) is 14.2. The van der Waals surface area contributed by atoms with Crippen LogP contribution in [0, 0.1) is 11.6 Å². The Hall–Kier alpha value is -4.28. The molecule has 0 aliphatic rings. The van der Waals surface area contributed by atoms with Crippen LogP contribution in [0.2, 0.25) is 5.02 Å². The topological polar surface area (TPSA) is 86.8 Å². The first-order chi connectivity index (χ1) is 21.2. The fourth-order valence-electron chi connectivity index (χ4n) is 4.68. The average molecular weight is 654 g/mol. The minimum absolute atomic E-state index is 0.0425. The Balaban J connectivity index is 1.82. The van der Waals surface area contributed by atoms with Crippen molar-refractivity contribution in [1.82, 2.24) is 10.2 Å². The Morgan fingerprint density at radius 2 is 1.44 bits per heavy atom. The first-order valence-electron chi connectivity index (χ1n) is 14.2. The lowest BCUT2D eigenvalue weighted by Crippen LogP contribution is -2.56. The molecule has 0 fully saturated rings. The summed E-state index contributed by atoms with van der Waals surface area (Å²) in [6, 6.07) is 24.3. The van der Waals surface area contributed by atoms with Gasteiger partial charge >= 0.3 is 0 Å². The standard InChI is InChI=1S/C34H34ClF2N3O4S/c1-34(2,3)38-33(42)31(20-24-10-6-4-7-11-24)39(22-25-14-16-26(36)17-15-25)32(41)23-40(27-18-19-30(37)29(35)21-27)45(43,44)28-12-8-5-9-13-28/h4-19,21,31H,20,22-23H2,1-3H3,(H,38,42). The third-order valence-electron chi connectivity index (χ3n) is 6.84. The smallest absolute Gasteiger partial charge is 0.264 e. The first kappa shape index (κ1) is 33.6. The highest BCUT2D eigenvalue weighted by atomic mass is 35.5. The first-order valence-corrected chi connectivity index (χ1v) is 16.0. The lowest BCUT2D eigenvalue weighted by atomic mass is 10.0. The van der Waals surface area contributed by atoms with Gasteiger partial charge in [0.25, 0.3) is 10.0 Å². The average Bonchev–Trinajstić information content (AvgIpc) is 3.00. The number of halogens is 3. The number of nitrogens with zero attached hydrogens (tertiary/aromatic N) is 2. The molecule has 4 rings (SSSR count). The molecule has 0 bridgehead atoms. The summed E-state index contributed by atoms with van der Waals surface area (Å²) in [5.74, 6) is -2.41. The lowest BCUT2D eigenvalue weighted by molar-refractivity contribution is -0.140. The number of amides is 2. The van der Waals surface area contributed by atoms with Crippen molar-refractivity contribution in [3.05, 3.63) is 131 Å². The molecule has 4 aromatic rings. The molecule has 1 unspecified atom stereocenters. The van der Waals surface area contributed by atoms with E-state index in [1.807, 2.05) is 51.1 Å². The van der Waals surface area contributed by atoms with E-state index < -0.39 is 51.6 Å². The number of carbonyl (C=O) groups excluding carboxylic acids is 2. The molecule has 11 heteroatoms. The zero-order valence-corrected chi connectivity index (χ0v) is 26.7. The highest BCUT2D eigenvalue weighted by molar-refractivity contribution is 7.92. The monoisotopic (exact) mass is 653 g/mol. The fraction of sp³-hybridized carbons (Fsp3) is 0.235. The normalized spacial score (nSPS) is 12.3. The van der Waals surface area contributed by atoms with Gasteiger partial charge in [-0.05, 0) is 74.4 Å². The van der Waals surface area contributed by atoms with Crippen molar-refractivity contribution in [1.29, 1.82) is 0 Å². The molecule has 0 heterocycles. The van der Waals surface area contributed by atoms with Crippen LogP contribution < -0.4 is 9.62 Å². The van der Waals surface area contributed by atoms with E-state index in [4.69, 9.17) is 11.6 Å². The van der Waals surface area contributed by atoms with Crippen molar-refractivity contribution < 1.29 is 26.8 Å². The minimum atomic E-state index is -4.37. The molecule has 45 heavy (non-hydrogen) atoms. The van der Waals surface area contributed by atoms with Crippen LogP contribution in [0.1, 0.15) is 31.9 Å². The molecule has 0 spiro atoms. The van der Waals surface area contributed by atoms with Gasteiger partial charge in [-0.15, -0.1) is 0 Å². The summed E-state index contributed by atoms with van der Waals surface area (Å²) in [5, 5.41) is 2.61. The van der Waals surface area contributed by atoms with Gasteiger partial charge in [-0.25, -0.2) is 17.2 Å². The van der Waals surface area contributed by atoms with E-state index in [1.165, 1.54) is 59.5 Å². The number of benzene rings is 4. The van der Waals surface area contributed by atoms with Crippen molar-refractivity contribution in [2.24, 2.45) is 0 Å². The van der Waals surface area contributed by atoms with Gasteiger partial charge in [0.2, 0.25) is 11.8 Å². The van der Waals surface area contributed by atoms with Crippen LogP contribution >= 0.6 is 11.6 Å². The van der Waals surface area contributed by atoms with Crippen LogP contribution in [-0.2, 0) is 32.6 Å². The van der Waals surface area contributed by atoms with Gasteiger partial charge in [-0.2, -0.15) is 0 Å². The molecule has 1 atom stereocenters. The second-order valence-corrected chi connectivity index (χ2v) is 13.8. The zero-order valence-electron chi connectivity index (χ0n) is 25.1. The number of hydrogen-bond donors (Lipinski definition) is 1. The molecule has 236 valence electrons. The van der Waals surface area contributed by atoms with E-state index in [0.717, 1.165) is 22.0 Å². The van der Waals surface area contributed by atoms with E-state index in [0.29, 0.717) is 5.56 Å². The molecule has 0 saturated heterocycles. The minimum Gasteiger partial charge on any atom is -0.350 e. The van der Waals surface area contributed by atoms with E-state index in [2.05, 4.69) is 5.32 Å². The van der Waals surface area contributed by atoms with Crippen molar-refractivity contribution in [3.63, 3.8) is 0 Å². The van der Waals surface area contributed by atoms with Crippen molar-refractivity contribution in [2.45, 2.75) is 50.2 Å². The molecular weight excluding hydrogens is 620 g/mol. The summed E-state index contributed by atoms with van der Waals surface area (Å²) < 4.78 is 56.7. The largest absolute Gasteiger partial charge is 0.350 e. The van der Waals surface area contributed by atoms with Crippen molar-refractivity contribution in [3.8, 4) is 0 Å². The summed E-state index contributed by atoms with van der Waals surface area (Å²) in [4.78, 5) is 29.4. The van der Waals surface area contributed by atoms with Crippen molar-refractivity contribution >= 4 is 39.1 Å². The van der Waals surface area contributed by atoms with Gasteiger partial charge in [0.15, 0.2) is 0 Å². The van der Waals surface area contributed by atoms with Crippen LogP contribution in [0.5, 0.6) is 0 Å². The maximum Gasteiger partial charge on any atom is 0.264 e. The Kier molecular flexibility index (Phi) is 10.6. The predicted octanol–water partition coefficient (Wildman–Crippen LogP) is 6.37. The van der Waals surface area contributed by atoms with E-state index in [1.54, 1.807) is 6.07 Å². The van der Waals surface area contributed by atoms with Gasteiger partial charge in [0.1, 0.15) is 24.2 Å². The van der Waals surface area contributed by atoms with Crippen LogP contribution in [0.15, 0.2) is 108 Å². The fourth-order valence-corrected chi connectivity index (χ4v) is 6.28. The second-order valence-electron chi connectivity index (χ2n) is 11.5. The highest BCUT2D eigenvalue weighted by Crippen LogP contribution is 2.28. The molecule has 1 N–H and O–H groups in total. The SMILES string of the molecule is CC(C)(C)NC(=O)C(Cc1ccccc1)N(Cc1ccc(F)cc1)C(=O)CN(c1ccc(F)c(Cl)c1)S(=O)(=O)c1ccccc1. The predicted molar refractivity (Wildman–Crippen MR) is 171 cm³/mol. The molecule has 0 aliphatic heterocycles. The molecule has 2 amide bonds.